The van der Waals surface area contributed by atoms with E-state index in [4.69, 9.17) is 15.3 Å². The van der Waals surface area contributed by atoms with Crippen molar-refractivity contribution >= 4 is 5.97 Å². The Bertz CT molecular complexity index is 154. The SMILES string of the molecule is CCCCCCC(O)(O)CC(=O)O. The second kappa shape index (κ2) is 5.94. The van der Waals surface area contributed by atoms with Crippen LogP contribution in [0.5, 0.6) is 0 Å². The molecule has 4 nitrogen and oxygen atoms in total. The van der Waals surface area contributed by atoms with E-state index in [-0.39, 0.29) is 6.42 Å². The van der Waals surface area contributed by atoms with E-state index < -0.39 is 18.2 Å². The fraction of sp³-hybridized carbons (Fsp3) is 0.889. The van der Waals surface area contributed by atoms with Crippen LogP contribution in [0.25, 0.3) is 0 Å². The third-order valence-corrected chi connectivity index (χ3v) is 1.87. The smallest absolute Gasteiger partial charge is 0.308 e. The van der Waals surface area contributed by atoms with Crippen molar-refractivity contribution in [2.45, 2.75) is 51.2 Å². The molecule has 0 aliphatic rings. The molecule has 4 heteroatoms. The van der Waals surface area contributed by atoms with Crippen molar-refractivity contribution in [3.63, 3.8) is 0 Å². The van der Waals surface area contributed by atoms with E-state index in [1.165, 1.54) is 0 Å². The van der Waals surface area contributed by atoms with Crippen LogP contribution in [0.15, 0.2) is 0 Å². The van der Waals surface area contributed by atoms with Crippen LogP contribution in [0.3, 0.4) is 0 Å². The summed E-state index contributed by atoms with van der Waals surface area (Å²) in [5.74, 6) is -3.21. The van der Waals surface area contributed by atoms with Gasteiger partial charge in [0.15, 0.2) is 5.79 Å². The Morgan fingerprint density at radius 1 is 1.23 bits per heavy atom. The minimum absolute atomic E-state index is 0.138. The summed E-state index contributed by atoms with van der Waals surface area (Å²) in [7, 11) is 0. The second-order valence-corrected chi connectivity index (χ2v) is 3.36. The lowest BCUT2D eigenvalue weighted by molar-refractivity contribution is -0.184. The molecule has 0 bridgehead atoms. The molecule has 3 N–H and O–H groups in total. The molecule has 0 aromatic heterocycles. The van der Waals surface area contributed by atoms with Gasteiger partial charge >= 0.3 is 5.97 Å². The van der Waals surface area contributed by atoms with E-state index in [1.807, 2.05) is 0 Å². The van der Waals surface area contributed by atoms with Gasteiger partial charge in [0, 0.05) is 6.42 Å². The van der Waals surface area contributed by atoms with Crippen LogP contribution in [0.4, 0.5) is 0 Å². The monoisotopic (exact) mass is 190 g/mol. The standard InChI is InChI=1S/C9H18O4/c1-2-3-4-5-6-9(12,13)7-8(10)11/h12-13H,2-7H2,1H3,(H,10,11). The van der Waals surface area contributed by atoms with Crippen molar-refractivity contribution in [1.82, 2.24) is 0 Å². The topological polar surface area (TPSA) is 77.8 Å². The van der Waals surface area contributed by atoms with Crippen LogP contribution < -0.4 is 0 Å². The number of unbranched alkanes of at least 4 members (excludes halogenated alkanes) is 3. The van der Waals surface area contributed by atoms with Crippen LogP contribution >= 0.6 is 0 Å². The largest absolute Gasteiger partial charge is 0.481 e. The van der Waals surface area contributed by atoms with Crippen molar-refractivity contribution in [3.05, 3.63) is 0 Å². The Kier molecular flexibility index (Phi) is 5.66. The second-order valence-electron chi connectivity index (χ2n) is 3.36. The molecule has 0 saturated heterocycles. The van der Waals surface area contributed by atoms with Gasteiger partial charge in [0.05, 0.1) is 6.42 Å². The van der Waals surface area contributed by atoms with Crippen LogP contribution in [-0.4, -0.2) is 27.1 Å². The maximum atomic E-state index is 10.2. The number of rotatable bonds is 7. The molecule has 0 radical (unpaired) electrons. The third kappa shape index (κ3) is 7.74. The fourth-order valence-corrected chi connectivity index (χ4v) is 1.17. The third-order valence-electron chi connectivity index (χ3n) is 1.87. The number of carbonyl (C=O) groups is 1. The van der Waals surface area contributed by atoms with E-state index in [2.05, 4.69) is 6.92 Å². The van der Waals surface area contributed by atoms with E-state index in [9.17, 15) is 4.79 Å². The maximum absolute atomic E-state index is 10.2. The molecule has 0 unspecified atom stereocenters. The lowest BCUT2D eigenvalue weighted by Crippen LogP contribution is -2.31. The van der Waals surface area contributed by atoms with Gasteiger partial charge in [0.2, 0.25) is 0 Å². The Morgan fingerprint density at radius 3 is 2.31 bits per heavy atom. The van der Waals surface area contributed by atoms with Crippen LogP contribution in [0.1, 0.15) is 45.4 Å². The first-order valence-electron chi connectivity index (χ1n) is 4.64. The van der Waals surface area contributed by atoms with Crippen LogP contribution in [-0.2, 0) is 4.79 Å². The summed E-state index contributed by atoms with van der Waals surface area (Å²) in [4.78, 5) is 10.2. The molecular weight excluding hydrogens is 172 g/mol. The molecular formula is C9H18O4. The predicted octanol–water partition coefficient (Wildman–Crippen LogP) is 1.11. The molecule has 0 amide bonds. The summed E-state index contributed by atoms with van der Waals surface area (Å²) in [6.45, 7) is 2.06. The summed E-state index contributed by atoms with van der Waals surface area (Å²) < 4.78 is 0. The van der Waals surface area contributed by atoms with Crippen molar-refractivity contribution in [2.24, 2.45) is 0 Å². The molecule has 13 heavy (non-hydrogen) atoms. The number of aliphatic carboxylic acids is 1. The van der Waals surface area contributed by atoms with Gasteiger partial charge in [0.25, 0.3) is 0 Å². The first-order valence-corrected chi connectivity index (χ1v) is 4.64. The molecule has 0 rings (SSSR count). The number of hydrogen-bond acceptors (Lipinski definition) is 3. The van der Waals surface area contributed by atoms with E-state index in [1.54, 1.807) is 0 Å². The van der Waals surface area contributed by atoms with E-state index in [0.717, 1.165) is 19.3 Å². The van der Waals surface area contributed by atoms with Gasteiger partial charge < -0.3 is 15.3 Å². The summed E-state index contributed by atoms with van der Waals surface area (Å²) in [5, 5.41) is 26.6. The Labute approximate surface area is 78.2 Å². The zero-order chi connectivity index (χ0) is 10.3. The molecule has 0 saturated carbocycles. The normalized spacial score (nSPS) is 11.6. The van der Waals surface area contributed by atoms with Gasteiger partial charge in [0.1, 0.15) is 0 Å². The maximum Gasteiger partial charge on any atom is 0.308 e. The molecule has 0 aliphatic heterocycles. The number of carboxylic acid groups (broad SMARTS) is 1. The van der Waals surface area contributed by atoms with Crippen molar-refractivity contribution < 1.29 is 20.1 Å². The zero-order valence-electron chi connectivity index (χ0n) is 7.99. The summed E-state index contributed by atoms with van der Waals surface area (Å²) in [5.41, 5.74) is 0. The molecule has 0 heterocycles. The highest BCUT2D eigenvalue weighted by atomic mass is 16.5. The lowest BCUT2D eigenvalue weighted by Gasteiger charge is -2.18. The zero-order valence-corrected chi connectivity index (χ0v) is 7.99. The van der Waals surface area contributed by atoms with Crippen LogP contribution in [0.2, 0.25) is 0 Å². The molecule has 0 spiro atoms. The molecule has 78 valence electrons. The van der Waals surface area contributed by atoms with Crippen molar-refractivity contribution in [3.8, 4) is 0 Å². The first kappa shape index (κ1) is 12.4. The summed E-state index contributed by atoms with van der Waals surface area (Å²) in [6, 6.07) is 0. The number of hydrogen-bond donors (Lipinski definition) is 3. The lowest BCUT2D eigenvalue weighted by atomic mass is 10.0. The van der Waals surface area contributed by atoms with Gasteiger partial charge in [-0.25, -0.2) is 0 Å². The summed E-state index contributed by atoms with van der Waals surface area (Å²) in [6.07, 6.45) is 3.23. The average Bonchev–Trinajstić information content (AvgIpc) is 1.95. The predicted molar refractivity (Wildman–Crippen MR) is 48.2 cm³/mol. The van der Waals surface area contributed by atoms with Gasteiger partial charge in [-0.2, -0.15) is 0 Å². The molecule has 0 atom stereocenters. The number of aliphatic hydroxyl groups is 2. The Balaban J connectivity index is 3.56. The van der Waals surface area contributed by atoms with Crippen molar-refractivity contribution in [1.29, 1.82) is 0 Å². The highest BCUT2D eigenvalue weighted by Crippen LogP contribution is 2.16. The minimum Gasteiger partial charge on any atom is -0.481 e. The first-order chi connectivity index (χ1) is 5.98. The van der Waals surface area contributed by atoms with Crippen molar-refractivity contribution in [2.75, 3.05) is 0 Å². The highest BCUT2D eigenvalue weighted by molar-refractivity contribution is 5.67. The van der Waals surface area contributed by atoms with Gasteiger partial charge in [-0.15, -0.1) is 0 Å². The quantitative estimate of drug-likeness (QED) is 0.415. The molecule has 0 fully saturated rings. The Hall–Kier alpha value is -0.610. The average molecular weight is 190 g/mol. The van der Waals surface area contributed by atoms with Gasteiger partial charge in [-0.3, -0.25) is 4.79 Å². The van der Waals surface area contributed by atoms with E-state index in [0.29, 0.717) is 6.42 Å². The Morgan fingerprint density at radius 2 is 1.85 bits per heavy atom. The number of carboxylic acids is 1. The van der Waals surface area contributed by atoms with Gasteiger partial charge in [-0.05, 0) is 6.42 Å². The fourth-order valence-electron chi connectivity index (χ4n) is 1.17. The molecule has 0 aromatic carbocycles. The molecule has 0 aliphatic carbocycles. The summed E-state index contributed by atoms with van der Waals surface area (Å²) >= 11 is 0. The van der Waals surface area contributed by atoms with E-state index >= 15 is 0 Å². The molecule has 0 aromatic rings. The highest BCUT2D eigenvalue weighted by Gasteiger charge is 2.25. The van der Waals surface area contributed by atoms with Crippen LogP contribution in [0, 0.1) is 0 Å². The van der Waals surface area contributed by atoms with Gasteiger partial charge in [-0.1, -0.05) is 26.2 Å². The minimum atomic E-state index is -2.03.